The molecule has 0 fully saturated rings. The molecule has 1 unspecified atom stereocenters. The van der Waals surface area contributed by atoms with Crippen molar-refractivity contribution in [2.24, 2.45) is 0 Å². The van der Waals surface area contributed by atoms with Gasteiger partial charge in [-0.25, -0.2) is 9.59 Å². The van der Waals surface area contributed by atoms with Gasteiger partial charge in [0.25, 0.3) is 0 Å². The van der Waals surface area contributed by atoms with Crippen LogP contribution in [0.2, 0.25) is 0 Å². The van der Waals surface area contributed by atoms with Crippen molar-refractivity contribution >= 4 is 21.9 Å². The van der Waals surface area contributed by atoms with Crippen molar-refractivity contribution in [1.82, 2.24) is 4.90 Å². The monoisotopic (exact) mass is 495 g/mol. The van der Waals surface area contributed by atoms with Crippen LogP contribution in [0.4, 0.5) is 0 Å². The predicted octanol–water partition coefficient (Wildman–Crippen LogP) is 5.88. The summed E-state index contributed by atoms with van der Waals surface area (Å²) in [7, 11) is 0. The zero-order chi connectivity index (χ0) is 25.5. The minimum Gasteiger partial charge on any atom is -0.490 e. The highest BCUT2D eigenvalue weighted by molar-refractivity contribution is 5.97. The van der Waals surface area contributed by atoms with Crippen molar-refractivity contribution < 1.29 is 18.3 Å². The second-order valence-electron chi connectivity index (χ2n) is 9.06. The Kier molecular flexibility index (Phi) is 5.77. The summed E-state index contributed by atoms with van der Waals surface area (Å²) in [5, 5.41) is 1.34. The molecule has 0 saturated carbocycles. The summed E-state index contributed by atoms with van der Waals surface area (Å²) in [5.74, 6) is 1.16. The molecule has 0 saturated heterocycles. The van der Waals surface area contributed by atoms with Gasteiger partial charge in [0, 0.05) is 35.0 Å². The number of hydrogen-bond donors (Lipinski definition) is 0. The van der Waals surface area contributed by atoms with Gasteiger partial charge in [-0.05, 0) is 43.7 Å². The van der Waals surface area contributed by atoms with Crippen LogP contribution in [0.25, 0.3) is 33.1 Å². The normalized spacial score (nSPS) is 14.3. The molecule has 2 aromatic heterocycles. The number of ether oxygens (including phenoxy) is 2. The van der Waals surface area contributed by atoms with Gasteiger partial charge >= 0.3 is 11.3 Å². The molecule has 1 aliphatic rings. The molecule has 0 radical (unpaired) electrons. The van der Waals surface area contributed by atoms with E-state index in [1.165, 1.54) is 6.07 Å². The fourth-order valence-electron chi connectivity index (χ4n) is 4.94. The van der Waals surface area contributed by atoms with Crippen molar-refractivity contribution in [2.75, 3.05) is 13.3 Å². The van der Waals surface area contributed by atoms with Crippen LogP contribution in [-0.2, 0) is 6.54 Å². The van der Waals surface area contributed by atoms with Gasteiger partial charge in [0.1, 0.15) is 18.1 Å². The van der Waals surface area contributed by atoms with E-state index in [2.05, 4.69) is 24.0 Å². The molecule has 0 bridgehead atoms. The topological polar surface area (TPSA) is 82.1 Å². The molecular formula is C30H25NO6. The molecule has 0 spiro atoms. The summed E-state index contributed by atoms with van der Waals surface area (Å²) < 4.78 is 23.1. The van der Waals surface area contributed by atoms with E-state index in [1.54, 1.807) is 12.1 Å². The SMILES string of the molecule is CCOc1cccc2cc(-c3cc(=O)oc4c5c(ccc34)OCN(C(C)c3ccccc3)C5)c(=O)oc12. The van der Waals surface area contributed by atoms with Crippen molar-refractivity contribution in [1.29, 1.82) is 0 Å². The van der Waals surface area contributed by atoms with Crippen LogP contribution >= 0.6 is 0 Å². The molecule has 0 aliphatic carbocycles. The van der Waals surface area contributed by atoms with Gasteiger partial charge in [0.15, 0.2) is 11.3 Å². The first-order chi connectivity index (χ1) is 18.0. The summed E-state index contributed by atoms with van der Waals surface area (Å²) in [6, 6.07) is 22.5. The third-order valence-corrected chi connectivity index (χ3v) is 6.86. The average molecular weight is 496 g/mol. The standard InChI is InChI=1S/C30H25NO6/c1-3-34-26-11-7-10-20-14-23(30(33)37-28(20)26)22-15-27(32)36-29-21(22)12-13-25-24(29)16-31(17-35-25)18(2)19-8-5-4-6-9-19/h4-15,18H,3,16-17H2,1-2H3. The zero-order valence-electron chi connectivity index (χ0n) is 20.5. The maximum absolute atomic E-state index is 13.1. The first-order valence-electron chi connectivity index (χ1n) is 12.2. The summed E-state index contributed by atoms with van der Waals surface area (Å²) in [5.41, 5.74) is 2.36. The quantitative estimate of drug-likeness (QED) is 0.282. The van der Waals surface area contributed by atoms with E-state index >= 15 is 0 Å². The molecule has 186 valence electrons. The zero-order valence-corrected chi connectivity index (χ0v) is 20.5. The number of benzene rings is 3. The summed E-state index contributed by atoms with van der Waals surface area (Å²) in [4.78, 5) is 28.1. The lowest BCUT2D eigenvalue weighted by molar-refractivity contribution is 0.0620. The van der Waals surface area contributed by atoms with Gasteiger partial charge in [-0.2, -0.15) is 0 Å². The van der Waals surface area contributed by atoms with Gasteiger partial charge < -0.3 is 18.3 Å². The number of hydrogen-bond acceptors (Lipinski definition) is 7. The van der Waals surface area contributed by atoms with E-state index in [-0.39, 0.29) is 11.6 Å². The van der Waals surface area contributed by atoms with Gasteiger partial charge in [-0.3, -0.25) is 4.90 Å². The molecule has 6 rings (SSSR count). The van der Waals surface area contributed by atoms with E-state index in [0.29, 0.717) is 58.9 Å². The van der Waals surface area contributed by atoms with Gasteiger partial charge in [-0.1, -0.05) is 42.5 Å². The van der Waals surface area contributed by atoms with Crippen molar-refractivity contribution in [3.8, 4) is 22.6 Å². The molecule has 1 aliphatic heterocycles. The fourth-order valence-corrected chi connectivity index (χ4v) is 4.94. The Hall–Kier alpha value is -4.36. The fraction of sp³-hybridized carbons (Fsp3) is 0.200. The lowest BCUT2D eigenvalue weighted by Crippen LogP contribution is -2.34. The Morgan fingerprint density at radius 1 is 0.919 bits per heavy atom. The second-order valence-corrected chi connectivity index (χ2v) is 9.06. The number of para-hydroxylation sites is 1. The lowest BCUT2D eigenvalue weighted by atomic mass is 9.98. The maximum Gasteiger partial charge on any atom is 0.344 e. The van der Waals surface area contributed by atoms with Gasteiger partial charge in [0.05, 0.1) is 17.7 Å². The predicted molar refractivity (Wildman–Crippen MR) is 141 cm³/mol. The first-order valence-corrected chi connectivity index (χ1v) is 12.2. The largest absolute Gasteiger partial charge is 0.490 e. The van der Waals surface area contributed by atoms with E-state index in [4.69, 9.17) is 18.3 Å². The van der Waals surface area contributed by atoms with E-state index in [0.717, 1.165) is 11.1 Å². The van der Waals surface area contributed by atoms with Crippen LogP contribution in [0.5, 0.6) is 11.5 Å². The Bertz CT molecular complexity index is 1740. The molecule has 7 nitrogen and oxygen atoms in total. The highest BCUT2D eigenvalue weighted by atomic mass is 16.5. The van der Waals surface area contributed by atoms with Crippen LogP contribution in [-0.4, -0.2) is 18.2 Å². The van der Waals surface area contributed by atoms with Gasteiger partial charge in [-0.15, -0.1) is 0 Å². The van der Waals surface area contributed by atoms with Crippen molar-refractivity contribution in [3.05, 3.63) is 105 Å². The summed E-state index contributed by atoms with van der Waals surface area (Å²) in [6.07, 6.45) is 0. The van der Waals surface area contributed by atoms with E-state index < -0.39 is 11.3 Å². The highest BCUT2D eigenvalue weighted by Gasteiger charge is 2.27. The van der Waals surface area contributed by atoms with Gasteiger partial charge in [0.2, 0.25) is 0 Å². The van der Waals surface area contributed by atoms with E-state index in [1.807, 2.05) is 49.4 Å². The Balaban J connectivity index is 1.48. The minimum atomic E-state index is -0.556. The molecule has 1 atom stereocenters. The van der Waals surface area contributed by atoms with Crippen LogP contribution in [0, 0.1) is 0 Å². The smallest absolute Gasteiger partial charge is 0.344 e. The van der Waals surface area contributed by atoms with E-state index in [9.17, 15) is 9.59 Å². The summed E-state index contributed by atoms with van der Waals surface area (Å²) >= 11 is 0. The Morgan fingerprint density at radius 2 is 1.76 bits per heavy atom. The van der Waals surface area contributed by atoms with Crippen molar-refractivity contribution in [2.45, 2.75) is 26.4 Å². The van der Waals surface area contributed by atoms with Crippen LogP contribution in [0.3, 0.4) is 0 Å². The van der Waals surface area contributed by atoms with Crippen LogP contribution < -0.4 is 20.7 Å². The third-order valence-electron chi connectivity index (χ3n) is 6.86. The molecule has 3 heterocycles. The van der Waals surface area contributed by atoms with Crippen LogP contribution in [0.1, 0.15) is 31.0 Å². The molecule has 0 N–H and O–H groups in total. The van der Waals surface area contributed by atoms with Crippen molar-refractivity contribution in [3.63, 3.8) is 0 Å². The number of rotatable bonds is 5. The Labute approximate surface area is 212 Å². The lowest BCUT2D eigenvalue weighted by Gasteiger charge is -2.34. The maximum atomic E-state index is 13.1. The van der Waals surface area contributed by atoms with Crippen LogP contribution in [0.15, 0.2) is 91.2 Å². The number of nitrogens with zero attached hydrogens (tertiary/aromatic N) is 1. The molecule has 7 heteroatoms. The third kappa shape index (κ3) is 4.07. The minimum absolute atomic E-state index is 0.0894. The number of fused-ring (bicyclic) bond motifs is 4. The molecule has 0 amide bonds. The summed E-state index contributed by atoms with van der Waals surface area (Å²) in [6.45, 7) is 5.37. The average Bonchev–Trinajstić information content (AvgIpc) is 2.92. The molecule has 37 heavy (non-hydrogen) atoms. The highest BCUT2D eigenvalue weighted by Crippen LogP contribution is 2.38. The molecular weight excluding hydrogens is 470 g/mol. The first kappa shape index (κ1) is 23.1. The Morgan fingerprint density at radius 3 is 2.57 bits per heavy atom. The molecule has 3 aromatic carbocycles. The second kappa shape index (κ2) is 9.26. The molecule has 5 aromatic rings.